The highest BCUT2D eigenvalue weighted by Gasteiger charge is 2.20. The minimum atomic E-state index is -0.404. The van der Waals surface area contributed by atoms with Crippen LogP contribution >= 0.6 is 0 Å². The maximum absolute atomic E-state index is 11.4. The van der Waals surface area contributed by atoms with Gasteiger partial charge in [0.1, 0.15) is 0 Å². The molecule has 1 aliphatic rings. The second kappa shape index (κ2) is 5.85. The minimum absolute atomic E-state index is 0.404. The lowest BCUT2D eigenvalue weighted by atomic mass is 10.0. The highest BCUT2D eigenvalue weighted by atomic mass is 16.1. The number of H-pyrrole nitrogens is 1. The first kappa shape index (κ1) is 14.5. The van der Waals surface area contributed by atoms with Gasteiger partial charge in [-0.3, -0.25) is 4.79 Å². The van der Waals surface area contributed by atoms with Crippen molar-refractivity contribution in [3.05, 3.63) is 71.8 Å². The number of nitrogens with zero attached hydrogens (tertiary/aromatic N) is 2. The zero-order valence-electron chi connectivity index (χ0n) is 13.2. The first-order valence-electron chi connectivity index (χ1n) is 7.96. The zero-order valence-corrected chi connectivity index (χ0v) is 13.2. The lowest BCUT2D eigenvalue weighted by Gasteiger charge is -2.19. The monoisotopic (exact) mass is 318 g/mol. The zero-order chi connectivity index (χ0) is 16.5. The fourth-order valence-electron chi connectivity index (χ4n) is 3.21. The highest BCUT2D eigenvalue weighted by molar-refractivity contribution is 5.94. The van der Waals surface area contributed by atoms with Crippen LogP contribution in [0.25, 0.3) is 11.1 Å². The van der Waals surface area contributed by atoms with Crippen molar-refractivity contribution in [2.75, 3.05) is 11.4 Å². The van der Waals surface area contributed by atoms with E-state index in [0.29, 0.717) is 5.56 Å². The van der Waals surface area contributed by atoms with Crippen LogP contribution in [0.2, 0.25) is 0 Å². The Hall–Kier alpha value is -3.08. The third kappa shape index (κ3) is 2.65. The summed E-state index contributed by atoms with van der Waals surface area (Å²) in [5, 5.41) is 0. The summed E-state index contributed by atoms with van der Waals surface area (Å²) in [4.78, 5) is 21.1. The smallest absolute Gasteiger partial charge is 0.248 e. The van der Waals surface area contributed by atoms with Gasteiger partial charge in [-0.25, -0.2) is 4.98 Å². The van der Waals surface area contributed by atoms with Crippen molar-refractivity contribution in [2.45, 2.75) is 13.0 Å². The van der Waals surface area contributed by atoms with E-state index in [-0.39, 0.29) is 0 Å². The third-order valence-electron chi connectivity index (χ3n) is 4.47. The maximum atomic E-state index is 11.4. The van der Waals surface area contributed by atoms with Crippen molar-refractivity contribution in [3.63, 3.8) is 0 Å². The normalized spacial score (nSPS) is 13.1. The molecule has 1 amide bonds. The highest BCUT2D eigenvalue weighted by Crippen LogP contribution is 2.33. The van der Waals surface area contributed by atoms with E-state index < -0.39 is 5.91 Å². The van der Waals surface area contributed by atoms with E-state index in [1.165, 1.54) is 11.3 Å². The molecule has 0 unspecified atom stereocenters. The molecule has 2 heterocycles. The Kier molecular flexibility index (Phi) is 3.54. The molecular weight excluding hydrogens is 300 g/mol. The summed E-state index contributed by atoms with van der Waals surface area (Å²) in [5.41, 5.74) is 11.6. The molecule has 3 N–H and O–H groups in total. The summed E-state index contributed by atoms with van der Waals surface area (Å²) in [6, 6.07) is 13.9. The van der Waals surface area contributed by atoms with E-state index in [9.17, 15) is 4.79 Å². The standard InChI is InChI=1S/C19H18N4O/c20-19(24)16-3-1-2-14(8-16)15-5-4-13-6-7-23(18(13)9-15)11-17-10-21-12-22-17/h1-5,8-10,12H,6-7,11H2,(H2,20,24)(H,21,22). The van der Waals surface area contributed by atoms with Crippen LogP contribution in [-0.4, -0.2) is 22.4 Å². The number of carbonyl (C=O) groups excluding carboxylic acids is 1. The summed E-state index contributed by atoms with van der Waals surface area (Å²) in [5.74, 6) is -0.404. The number of aromatic amines is 1. The lowest BCUT2D eigenvalue weighted by Crippen LogP contribution is -2.19. The summed E-state index contributed by atoms with van der Waals surface area (Å²) in [6.45, 7) is 1.79. The molecule has 0 atom stereocenters. The Morgan fingerprint density at radius 1 is 1.21 bits per heavy atom. The fourth-order valence-corrected chi connectivity index (χ4v) is 3.21. The van der Waals surface area contributed by atoms with E-state index in [2.05, 4.69) is 33.1 Å². The fraction of sp³-hybridized carbons (Fsp3) is 0.158. The lowest BCUT2D eigenvalue weighted by molar-refractivity contribution is 0.100. The summed E-state index contributed by atoms with van der Waals surface area (Å²) in [7, 11) is 0. The molecule has 5 nitrogen and oxygen atoms in total. The van der Waals surface area contributed by atoms with Crippen molar-refractivity contribution in [1.82, 2.24) is 9.97 Å². The number of rotatable bonds is 4. The molecule has 3 aromatic rings. The van der Waals surface area contributed by atoms with Crippen LogP contribution in [0.4, 0.5) is 5.69 Å². The summed E-state index contributed by atoms with van der Waals surface area (Å²) in [6.07, 6.45) is 4.68. The number of nitrogens with two attached hydrogens (primary N) is 1. The molecule has 0 saturated carbocycles. The number of benzene rings is 2. The third-order valence-corrected chi connectivity index (χ3v) is 4.47. The van der Waals surface area contributed by atoms with Crippen molar-refractivity contribution < 1.29 is 4.79 Å². The Morgan fingerprint density at radius 2 is 2.08 bits per heavy atom. The van der Waals surface area contributed by atoms with Gasteiger partial charge >= 0.3 is 0 Å². The first-order valence-corrected chi connectivity index (χ1v) is 7.96. The molecule has 0 radical (unpaired) electrons. The topological polar surface area (TPSA) is 75.0 Å². The number of anilines is 1. The van der Waals surface area contributed by atoms with Gasteiger partial charge in [0.2, 0.25) is 5.91 Å². The quantitative estimate of drug-likeness (QED) is 0.776. The summed E-state index contributed by atoms with van der Waals surface area (Å²) < 4.78 is 0. The van der Waals surface area contributed by atoms with Gasteiger partial charge in [0.05, 0.1) is 18.6 Å². The number of hydrogen-bond acceptors (Lipinski definition) is 3. The minimum Gasteiger partial charge on any atom is -0.366 e. The molecule has 0 saturated heterocycles. The van der Waals surface area contributed by atoms with Crippen LogP contribution in [0.3, 0.4) is 0 Å². The number of amides is 1. The van der Waals surface area contributed by atoms with E-state index >= 15 is 0 Å². The SMILES string of the molecule is NC(=O)c1cccc(-c2ccc3c(c2)N(Cc2c[nH]cn2)CC3)c1. The number of hydrogen-bond donors (Lipinski definition) is 2. The van der Waals surface area contributed by atoms with Crippen LogP contribution < -0.4 is 10.6 Å². The van der Waals surface area contributed by atoms with Crippen LogP contribution in [0.15, 0.2) is 55.0 Å². The number of carbonyl (C=O) groups is 1. The van der Waals surface area contributed by atoms with Crippen molar-refractivity contribution in [1.29, 1.82) is 0 Å². The molecule has 0 fully saturated rings. The van der Waals surface area contributed by atoms with E-state index in [1.807, 2.05) is 24.4 Å². The van der Waals surface area contributed by atoms with Crippen molar-refractivity contribution >= 4 is 11.6 Å². The van der Waals surface area contributed by atoms with Gasteiger partial charge in [-0.1, -0.05) is 24.3 Å². The number of primary amides is 1. The van der Waals surface area contributed by atoms with Gasteiger partial charge in [-0.15, -0.1) is 0 Å². The van der Waals surface area contributed by atoms with Crippen molar-refractivity contribution in [2.24, 2.45) is 5.73 Å². The number of fused-ring (bicyclic) bond motifs is 1. The average Bonchev–Trinajstić information content (AvgIpc) is 3.25. The molecule has 24 heavy (non-hydrogen) atoms. The second-order valence-electron chi connectivity index (χ2n) is 6.02. The van der Waals surface area contributed by atoms with Crippen LogP contribution in [-0.2, 0) is 13.0 Å². The predicted octanol–water partition coefficient (Wildman–Crippen LogP) is 2.74. The van der Waals surface area contributed by atoms with E-state index in [1.54, 1.807) is 12.4 Å². The van der Waals surface area contributed by atoms with Crippen molar-refractivity contribution in [3.8, 4) is 11.1 Å². The number of aromatic nitrogens is 2. The molecule has 4 rings (SSSR count). The predicted molar refractivity (Wildman–Crippen MR) is 93.7 cm³/mol. The Balaban J connectivity index is 1.68. The van der Waals surface area contributed by atoms with Gasteiger partial charge in [-0.05, 0) is 41.3 Å². The molecule has 0 spiro atoms. The van der Waals surface area contributed by atoms with Crippen LogP contribution in [0, 0.1) is 0 Å². The van der Waals surface area contributed by atoms with Crippen LogP contribution in [0.5, 0.6) is 0 Å². The largest absolute Gasteiger partial charge is 0.366 e. The Bertz CT molecular complexity index is 886. The van der Waals surface area contributed by atoms with Gasteiger partial charge in [0, 0.05) is 24.0 Å². The molecule has 0 bridgehead atoms. The van der Waals surface area contributed by atoms with Gasteiger partial charge < -0.3 is 15.6 Å². The molecule has 5 heteroatoms. The number of imidazole rings is 1. The maximum Gasteiger partial charge on any atom is 0.248 e. The van der Waals surface area contributed by atoms with Gasteiger partial charge in [0.25, 0.3) is 0 Å². The molecule has 2 aromatic carbocycles. The van der Waals surface area contributed by atoms with Crippen LogP contribution in [0.1, 0.15) is 21.6 Å². The Labute approximate surface area is 140 Å². The van der Waals surface area contributed by atoms with E-state index in [0.717, 1.165) is 36.3 Å². The molecule has 1 aliphatic heterocycles. The number of nitrogens with one attached hydrogen (secondary N) is 1. The second-order valence-corrected chi connectivity index (χ2v) is 6.02. The first-order chi connectivity index (χ1) is 11.7. The summed E-state index contributed by atoms with van der Waals surface area (Å²) >= 11 is 0. The molecule has 0 aliphatic carbocycles. The molecule has 120 valence electrons. The average molecular weight is 318 g/mol. The van der Waals surface area contributed by atoms with Gasteiger partial charge in [0.15, 0.2) is 0 Å². The Morgan fingerprint density at radius 3 is 2.88 bits per heavy atom. The molecule has 1 aromatic heterocycles. The molecular formula is C19H18N4O. The van der Waals surface area contributed by atoms with E-state index in [4.69, 9.17) is 5.73 Å². The van der Waals surface area contributed by atoms with Gasteiger partial charge in [-0.2, -0.15) is 0 Å².